The molecule has 0 bridgehead atoms. The van der Waals surface area contributed by atoms with Crippen molar-refractivity contribution in [2.45, 2.75) is 40.0 Å². The maximum Gasteiger partial charge on any atom is 0.409 e. The van der Waals surface area contributed by atoms with Gasteiger partial charge in [-0.05, 0) is 42.4 Å². The van der Waals surface area contributed by atoms with Gasteiger partial charge >= 0.3 is 6.09 Å². The smallest absolute Gasteiger partial charge is 0.409 e. The van der Waals surface area contributed by atoms with Gasteiger partial charge in [0, 0.05) is 29.1 Å². The summed E-state index contributed by atoms with van der Waals surface area (Å²) < 4.78 is 5.39. The predicted molar refractivity (Wildman–Crippen MR) is 93.5 cm³/mol. The first-order valence-corrected chi connectivity index (χ1v) is 8.83. The first-order valence-electron chi connectivity index (χ1n) is 8.45. The maximum atomic E-state index is 12.9. The van der Waals surface area contributed by atoms with Crippen molar-refractivity contribution in [2.75, 3.05) is 19.7 Å². The van der Waals surface area contributed by atoms with E-state index in [0.717, 1.165) is 17.5 Å². The van der Waals surface area contributed by atoms with Crippen molar-refractivity contribution in [1.82, 2.24) is 4.90 Å². The lowest BCUT2D eigenvalue weighted by molar-refractivity contribution is 0.0437. The number of hydrogen-bond donors (Lipinski definition) is 0. The fourth-order valence-corrected chi connectivity index (χ4v) is 3.71. The van der Waals surface area contributed by atoms with Gasteiger partial charge in [0.25, 0.3) is 0 Å². The van der Waals surface area contributed by atoms with Crippen LogP contribution >= 0.6 is 11.6 Å². The second kappa shape index (κ2) is 6.07. The Labute approximate surface area is 148 Å². The third-order valence-corrected chi connectivity index (χ3v) is 5.17. The molecule has 2 aliphatic rings. The van der Waals surface area contributed by atoms with Crippen LogP contribution in [0, 0.1) is 10.8 Å². The van der Waals surface area contributed by atoms with Gasteiger partial charge in [0.05, 0.1) is 6.61 Å². The zero-order chi connectivity index (χ0) is 17.5. The molecule has 1 aromatic carbocycles. The van der Waals surface area contributed by atoms with Crippen LogP contribution in [0.1, 0.15) is 49.5 Å². The fraction of sp³-hybridized carbons (Fsp3) is 0.579. The van der Waals surface area contributed by atoms with Crippen molar-refractivity contribution in [2.24, 2.45) is 10.8 Å². The number of benzene rings is 1. The summed E-state index contributed by atoms with van der Waals surface area (Å²) >= 11 is 6.03. The lowest BCUT2D eigenvalue weighted by Gasteiger charge is -2.37. The summed E-state index contributed by atoms with van der Waals surface area (Å²) in [5, 5.41) is 0.599. The van der Waals surface area contributed by atoms with Crippen molar-refractivity contribution in [3.8, 4) is 0 Å². The summed E-state index contributed by atoms with van der Waals surface area (Å²) in [6, 6.07) is 5.57. The van der Waals surface area contributed by atoms with Crippen molar-refractivity contribution < 1.29 is 14.3 Å². The number of carbonyl (C=O) groups is 2. The Kier molecular flexibility index (Phi) is 4.37. The highest BCUT2D eigenvalue weighted by Crippen LogP contribution is 2.45. The zero-order valence-electron chi connectivity index (χ0n) is 14.5. The minimum absolute atomic E-state index is 0.0466. The Morgan fingerprint density at radius 2 is 1.96 bits per heavy atom. The largest absolute Gasteiger partial charge is 0.449 e. The Bertz CT molecular complexity index is 670. The van der Waals surface area contributed by atoms with Crippen LogP contribution in [0.25, 0.3) is 0 Å². The second-order valence-electron chi connectivity index (χ2n) is 8.19. The highest BCUT2D eigenvalue weighted by atomic mass is 35.5. The van der Waals surface area contributed by atoms with E-state index in [0.29, 0.717) is 37.6 Å². The summed E-state index contributed by atoms with van der Waals surface area (Å²) in [6.07, 6.45) is 1.85. The van der Waals surface area contributed by atoms with Crippen LogP contribution in [-0.4, -0.2) is 36.5 Å². The topological polar surface area (TPSA) is 46.6 Å². The van der Waals surface area contributed by atoms with Crippen LogP contribution in [0.5, 0.6) is 0 Å². The number of ether oxygens (including phenoxy) is 1. The molecule has 0 unspecified atom stereocenters. The minimum atomic E-state index is -0.367. The second-order valence-corrected chi connectivity index (χ2v) is 8.63. The average molecular weight is 350 g/mol. The van der Waals surface area contributed by atoms with Crippen molar-refractivity contribution >= 4 is 23.5 Å². The van der Waals surface area contributed by atoms with Crippen LogP contribution < -0.4 is 0 Å². The predicted octanol–water partition coefficient (Wildman–Crippen LogP) is 4.34. The maximum absolute atomic E-state index is 12.9. The number of fused-ring (bicyclic) bond motifs is 1. The average Bonchev–Trinajstić information content (AvgIpc) is 2.78. The van der Waals surface area contributed by atoms with Gasteiger partial charge in [-0.2, -0.15) is 0 Å². The third kappa shape index (κ3) is 3.30. The number of likely N-dealkylation sites (tertiary alicyclic amines) is 1. The van der Waals surface area contributed by atoms with Crippen molar-refractivity contribution in [3.05, 3.63) is 34.3 Å². The molecule has 1 aromatic rings. The number of nitrogens with zero attached hydrogens (tertiary/aromatic N) is 1. The SMILES string of the molecule is CC(C)(C)COC(=O)N1CCC2(CC1)Cc1ccc(Cl)cc1C2=O. The number of carbonyl (C=O) groups excluding carboxylic acids is 2. The van der Waals surface area contributed by atoms with Crippen LogP contribution in [0.4, 0.5) is 4.79 Å². The quantitative estimate of drug-likeness (QED) is 0.757. The zero-order valence-corrected chi connectivity index (χ0v) is 15.3. The number of halogens is 1. The van der Waals surface area contributed by atoms with E-state index in [9.17, 15) is 9.59 Å². The van der Waals surface area contributed by atoms with Gasteiger partial charge in [-0.25, -0.2) is 4.79 Å². The molecule has 1 saturated heterocycles. The minimum Gasteiger partial charge on any atom is -0.449 e. The van der Waals surface area contributed by atoms with Crippen molar-refractivity contribution in [3.63, 3.8) is 0 Å². The molecule has 3 rings (SSSR count). The molecule has 5 heteroatoms. The number of rotatable bonds is 1. The van der Waals surface area contributed by atoms with E-state index in [-0.39, 0.29) is 22.7 Å². The normalized spacial score (nSPS) is 19.5. The van der Waals surface area contributed by atoms with Gasteiger partial charge in [-0.1, -0.05) is 38.4 Å². The van der Waals surface area contributed by atoms with Gasteiger partial charge in [0.2, 0.25) is 0 Å². The molecule has 1 spiro atoms. The first kappa shape index (κ1) is 17.3. The van der Waals surface area contributed by atoms with E-state index < -0.39 is 0 Å². The summed E-state index contributed by atoms with van der Waals surface area (Å²) in [7, 11) is 0. The van der Waals surface area contributed by atoms with Crippen molar-refractivity contribution in [1.29, 1.82) is 0 Å². The molecule has 1 amide bonds. The van der Waals surface area contributed by atoms with E-state index in [1.54, 1.807) is 11.0 Å². The van der Waals surface area contributed by atoms with Crippen LogP contribution in [0.3, 0.4) is 0 Å². The van der Waals surface area contributed by atoms with Crippen LogP contribution in [0.2, 0.25) is 5.02 Å². The van der Waals surface area contributed by atoms with E-state index >= 15 is 0 Å². The van der Waals surface area contributed by atoms with E-state index in [1.807, 2.05) is 32.9 Å². The Balaban J connectivity index is 1.63. The molecule has 130 valence electrons. The van der Waals surface area contributed by atoms with Gasteiger partial charge in [0.15, 0.2) is 5.78 Å². The highest BCUT2D eigenvalue weighted by molar-refractivity contribution is 6.31. The number of Topliss-reactive ketones (excluding diaryl/α,β-unsaturated/α-hetero) is 1. The summed E-state index contributed by atoms with van der Waals surface area (Å²) in [6.45, 7) is 7.63. The van der Waals surface area contributed by atoms with Gasteiger partial charge in [-0.15, -0.1) is 0 Å². The molecule has 0 radical (unpaired) electrons. The molecule has 0 N–H and O–H groups in total. The van der Waals surface area contributed by atoms with E-state index in [2.05, 4.69) is 0 Å². The van der Waals surface area contributed by atoms with Gasteiger partial charge in [0.1, 0.15) is 0 Å². The summed E-state index contributed by atoms with van der Waals surface area (Å²) in [4.78, 5) is 26.8. The van der Waals surface area contributed by atoms with Crippen LogP contribution in [-0.2, 0) is 11.2 Å². The lowest BCUT2D eigenvalue weighted by atomic mass is 9.75. The van der Waals surface area contributed by atoms with Crippen LogP contribution in [0.15, 0.2) is 18.2 Å². The molecular formula is C19H24ClNO3. The molecular weight excluding hydrogens is 326 g/mol. The van der Waals surface area contributed by atoms with Gasteiger partial charge in [-0.3, -0.25) is 4.79 Å². The summed E-state index contributed by atoms with van der Waals surface area (Å²) in [5.74, 6) is 0.183. The molecule has 1 aliphatic heterocycles. The highest BCUT2D eigenvalue weighted by Gasteiger charge is 2.47. The standard InChI is InChI=1S/C19H24ClNO3/c1-18(2,3)12-24-17(23)21-8-6-19(7-9-21)11-13-4-5-14(20)10-15(13)16(19)22/h4-5,10H,6-9,11-12H2,1-3H3. The lowest BCUT2D eigenvalue weighted by Crippen LogP contribution is -2.46. The number of piperidine rings is 1. The molecule has 24 heavy (non-hydrogen) atoms. The van der Waals surface area contributed by atoms with E-state index in [4.69, 9.17) is 16.3 Å². The molecule has 0 aromatic heterocycles. The molecule has 0 saturated carbocycles. The first-order chi connectivity index (χ1) is 11.2. The Hall–Kier alpha value is -1.55. The molecule has 1 fully saturated rings. The molecule has 1 aliphatic carbocycles. The molecule has 1 heterocycles. The molecule has 0 atom stereocenters. The number of ketones is 1. The van der Waals surface area contributed by atoms with Gasteiger partial charge < -0.3 is 9.64 Å². The Morgan fingerprint density at radius 3 is 2.58 bits per heavy atom. The fourth-order valence-electron chi connectivity index (χ4n) is 3.54. The Morgan fingerprint density at radius 1 is 1.29 bits per heavy atom. The van der Waals surface area contributed by atoms with E-state index in [1.165, 1.54) is 0 Å². The monoisotopic (exact) mass is 349 g/mol. The number of hydrogen-bond acceptors (Lipinski definition) is 3. The molecule has 4 nitrogen and oxygen atoms in total. The summed E-state index contributed by atoms with van der Waals surface area (Å²) in [5.41, 5.74) is 1.42. The number of amides is 1. The third-order valence-electron chi connectivity index (χ3n) is 4.93.